The molecule has 1 aromatic heterocycles. The van der Waals surface area contributed by atoms with Crippen LogP contribution in [0.5, 0.6) is 0 Å². The third-order valence-corrected chi connectivity index (χ3v) is 3.15. The SMILES string of the molecule is CCCNC(CCc1ccccc1)c1cnccn1. The van der Waals surface area contributed by atoms with E-state index in [1.807, 2.05) is 6.20 Å². The smallest absolute Gasteiger partial charge is 0.0756 e. The first kappa shape index (κ1) is 13.7. The Bertz CT molecular complexity index is 456. The number of nitrogens with zero attached hydrogens (tertiary/aromatic N) is 2. The molecule has 0 saturated carbocycles. The topological polar surface area (TPSA) is 37.8 Å². The van der Waals surface area contributed by atoms with Crippen molar-refractivity contribution >= 4 is 0 Å². The minimum atomic E-state index is 0.286. The molecule has 0 saturated heterocycles. The average Bonchev–Trinajstić information content (AvgIpc) is 2.49. The summed E-state index contributed by atoms with van der Waals surface area (Å²) in [5.41, 5.74) is 2.40. The van der Waals surface area contributed by atoms with Gasteiger partial charge < -0.3 is 5.32 Å². The molecule has 19 heavy (non-hydrogen) atoms. The summed E-state index contributed by atoms with van der Waals surface area (Å²) in [6.07, 6.45) is 8.57. The first-order valence-electron chi connectivity index (χ1n) is 6.93. The van der Waals surface area contributed by atoms with Crippen molar-refractivity contribution in [3.8, 4) is 0 Å². The van der Waals surface area contributed by atoms with Gasteiger partial charge in [0.05, 0.1) is 11.7 Å². The van der Waals surface area contributed by atoms with Crippen LogP contribution in [0.2, 0.25) is 0 Å². The number of hydrogen-bond acceptors (Lipinski definition) is 3. The predicted octanol–water partition coefficient (Wildman–Crippen LogP) is 3.15. The van der Waals surface area contributed by atoms with Gasteiger partial charge in [0.15, 0.2) is 0 Å². The van der Waals surface area contributed by atoms with Gasteiger partial charge in [0.2, 0.25) is 0 Å². The summed E-state index contributed by atoms with van der Waals surface area (Å²) < 4.78 is 0. The molecule has 0 aliphatic heterocycles. The van der Waals surface area contributed by atoms with Crippen LogP contribution in [0.25, 0.3) is 0 Å². The van der Waals surface area contributed by atoms with Crippen LogP contribution in [-0.2, 0) is 6.42 Å². The van der Waals surface area contributed by atoms with Crippen LogP contribution in [-0.4, -0.2) is 16.5 Å². The summed E-state index contributed by atoms with van der Waals surface area (Å²) in [6.45, 7) is 3.19. The molecule has 0 spiro atoms. The number of hydrogen-bond donors (Lipinski definition) is 1. The zero-order valence-electron chi connectivity index (χ0n) is 11.4. The Morgan fingerprint density at radius 3 is 2.68 bits per heavy atom. The van der Waals surface area contributed by atoms with E-state index < -0.39 is 0 Å². The lowest BCUT2D eigenvalue weighted by Gasteiger charge is -2.17. The zero-order valence-corrected chi connectivity index (χ0v) is 11.4. The number of benzene rings is 1. The minimum absolute atomic E-state index is 0.286. The summed E-state index contributed by atoms with van der Waals surface area (Å²) in [7, 11) is 0. The number of aryl methyl sites for hydroxylation is 1. The molecule has 1 unspecified atom stereocenters. The van der Waals surface area contributed by atoms with Gasteiger partial charge >= 0.3 is 0 Å². The van der Waals surface area contributed by atoms with E-state index in [0.29, 0.717) is 0 Å². The maximum atomic E-state index is 4.42. The van der Waals surface area contributed by atoms with Crippen molar-refractivity contribution in [2.24, 2.45) is 0 Å². The molecule has 0 fully saturated rings. The Balaban J connectivity index is 1.98. The molecule has 0 aliphatic carbocycles. The van der Waals surface area contributed by atoms with Gasteiger partial charge in [-0.25, -0.2) is 0 Å². The first-order valence-corrected chi connectivity index (χ1v) is 6.93. The molecule has 1 heterocycles. The van der Waals surface area contributed by atoms with Gasteiger partial charge in [0.25, 0.3) is 0 Å². The average molecular weight is 255 g/mol. The molecule has 3 heteroatoms. The van der Waals surface area contributed by atoms with Crippen molar-refractivity contribution in [2.45, 2.75) is 32.2 Å². The highest BCUT2D eigenvalue weighted by molar-refractivity contribution is 5.15. The molecule has 1 N–H and O–H groups in total. The third kappa shape index (κ3) is 4.45. The second-order valence-corrected chi connectivity index (χ2v) is 4.66. The van der Waals surface area contributed by atoms with Gasteiger partial charge in [-0.05, 0) is 31.4 Å². The van der Waals surface area contributed by atoms with Gasteiger partial charge in [-0.2, -0.15) is 0 Å². The molecule has 1 aromatic carbocycles. The van der Waals surface area contributed by atoms with Gasteiger partial charge in [0, 0.05) is 18.6 Å². The van der Waals surface area contributed by atoms with Crippen molar-refractivity contribution in [3.05, 3.63) is 60.2 Å². The largest absolute Gasteiger partial charge is 0.309 e. The van der Waals surface area contributed by atoms with Crippen LogP contribution < -0.4 is 5.32 Å². The lowest BCUT2D eigenvalue weighted by atomic mass is 10.0. The molecular weight excluding hydrogens is 234 g/mol. The van der Waals surface area contributed by atoms with E-state index in [0.717, 1.165) is 31.5 Å². The third-order valence-electron chi connectivity index (χ3n) is 3.15. The second kappa shape index (κ2) is 7.64. The highest BCUT2D eigenvalue weighted by atomic mass is 14.9. The molecule has 0 aliphatic rings. The molecule has 3 nitrogen and oxygen atoms in total. The summed E-state index contributed by atoms with van der Waals surface area (Å²) >= 11 is 0. The van der Waals surface area contributed by atoms with Crippen molar-refractivity contribution < 1.29 is 0 Å². The van der Waals surface area contributed by atoms with Gasteiger partial charge in [-0.1, -0.05) is 37.3 Å². The van der Waals surface area contributed by atoms with E-state index in [-0.39, 0.29) is 6.04 Å². The van der Waals surface area contributed by atoms with E-state index >= 15 is 0 Å². The predicted molar refractivity (Wildman–Crippen MR) is 77.8 cm³/mol. The quantitative estimate of drug-likeness (QED) is 0.826. The Morgan fingerprint density at radius 1 is 1.16 bits per heavy atom. The normalized spacial score (nSPS) is 12.3. The van der Waals surface area contributed by atoms with Crippen molar-refractivity contribution in [1.29, 1.82) is 0 Å². The van der Waals surface area contributed by atoms with E-state index in [9.17, 15) is 0 Å². The Kier molecular flexibility index (Phi) is 5.50. The summed E-state index contributed by atoms with van der Waals surface area (Å²) in [6, 6.07) is 10.9. The highest BCUT2D eigenvalue weighted by Crippen LogP contribution is 2.16. The minimum Gasteiger partial charge on any atom is -0.309 e. The van der Waals surface area contributed by atoms with Crippen LogP contribution >= 0.6 is 0 Å². The molecule has 2 rings (SSSR count). The van der Waals surface area contributed by atoms with E-state index in [1.54, 1.807) is 12.4 Å². The number of aromatic nitrogens is 2. The van der Waals surface area contributed by atoms with Crippen LogP contribution in [0, 0.1) is 0 Å². The monoisotopic (exact) mass is 255 g/mol. The maximum Gasteiger partial charge on any atom is 0.0756 e. The molecule has 0 amide bonds. The summed E-state index contributed by atoms with van der Waals surface area (Å²) in [4.78, 5) is 8.59. The van der Waals surface area contributed by atoms with Crippen LogP contribution in [0.15, 0.2) is 48.9 Å². The molecule has 0 radical (unpaired) electrons. The Labute approximate surface area is 115 Å². The molecule has 2 aromatic rings. The first-order chi connectivity index (χ1) is 9.40. The summed E-state index contributed by atoms with van der Waals surface area (Å²) in [5.74, 6) is 0. The van der Waals surface area contributed by atoms with Gasteiger partial charge in [-0.3, -0.25) is 9.97 Å². The Hall–Kier alpha value is -1.74. The summed E-state index contributed by atoms with van der Waals surface area (Å²) in [5, 5.41) is 3.55. The lowest BCUT2D eigenvalue weighted by Crippen LogP contribution is -2.23. The van der Waals surface area contributed by atoms with Crippen molar-refractivity contribution in [3.63, 3.8) is 0 Å². The van der Waals surface area contributed by atoms with Crippen molar-refractivity contribution in [2.75, 3.05) is 6.54 Å². The molecule has 1 atom stereocenters. The fraction of sp³-hybridized carbons (Fsp3) is 0.375. The van der Waals surface area contributed by atoms with Gasteiger partial charge in [-0.15, -0.1) is 0 Å². The fourth-order valence-corrected chi connectivity index (χ4v) is 2.12. The van der Waals surface area contributed by atoms with Crippen LogP contribution in [0.3, 0.4) is 0 Å². The van der Waals surface area contributed by atoms with Crippen LogP contribution in [0.1, 0.15) is 37.1 Å². The fourth-order valence-electron chi connectivity index (χ4n) is 2.12. The molecular formula is C16H21N3. The van der Waals surface area contributed by atoms with E-state index in [2.05, 4.69) is 52.5 Å². The van der Waals surface area contributed by atoms with E-state index in [4.69, 9.17) is 0 Å². The van der Waals surface area contributed by atoms with Gasteiger partial charge in [0.1, 0.15) is 0 Å². The number of nitrogens with one attached hydrogen (secondary N) is 1. The van der Waals surface area contributed by atoms with Crippen LogP contribution in [0.4, 0.5) is 0 Å². The Morgan fingerprint density at radius 2 is 2.00 bits per heavy atom. The molecule has 100 valence electrons. The second-order valence-electron chi connectivity index (χ2n) is 4.66. The van der Waals surface area contributed by atoms with E-state index in [1.165, 1.54) is 5.56 Å². The standard InChI is InChI=1S/C16H21N3/c1-2-10-18-15(16-13-17-11-12-19-16)9-8-14-6-4-3-5-7-14/h3-7,11-13,15,18H,2,8-10H2,1H3. The molecule has 0 bridgehead atoms. The maximum absolute atomic E-state index is 4.42. The number of rotatable bonds is 7. The van der Waals surface area contributed by atoms with Crippen molar-refractivity contribution in [1.82, 2.24) is 15.3 Å². The zero-order chi connectivity index (χ0) is 13.3. The lowest BCUT2D eigenvalue weighted by molar-refractivity contribution is 0.487. The highest BCUT2D eigenvalue weighted by Gasteiger charge is 2.11.